The van der Waals surface area contributed by atoms with Crippen LogP contribution in [0.5, 0.6) is 5.75 Å². The van der Waals surface area contributed by atoms with Crippen LogP contribution in [-0.4, -0.2) is 45.6 Å². The number of benzene rings is 1. The number of carbonyl (C=O) groups excluding carboxylic acids is 2. The molecule has 0 aliphatic rings. The Morgan fingerprint density at radius 2 is 1.92 bits per heavy atom. The van der Waals surface area contributed by atoms with Crippen LogP contribution in [-0.2, 0) is 11.3 Å². The molecule has 0 radical (unpaired) electrons. The summed E-state index contributed by atoms with van der Waals surface area (Å²) < 4.78 is 7.09. The minimum atomic E-state index is -0.499. The molecule has 0 saturated heterocycles. The highest BCUT2D eigenvalue weighted by atomic mass is 32.2. The summed E-state index contributed by atoms with van der Waals surface area (Å²) in [5.74, 6) is 1.18. The molecular weight excluding hydrogens is 354 g/mol. The molecule has 0 aliphatic heterocycles. The molecular formula is C17H23N5O3S. The van der Waals surface area contributed by atoms with E-state index >= 15 is 0 Å². The minimum absolute atomic E-state index is 0.0364. The van der Waals surface area contributed by atoms with E-state index < -0.39 is 6.03 Å². The first-order valence-corrected chi connectivity index (χ1v) is 9.24. The van der Waals surface area contributed by atoms with Gasteiger partial charge in [-0.25, -0.2) is 4.79 Å². The topological polar surface area (TPSA) is 98.1 Å². The molecule has 140 valence electrons. The highest BCUT2D eigenvalue weighted by molar-refractivity contribution is 7.99. The highest BCUT2D eigenvalue weighted by Crippen LogP contribution is 2.25. The van der Waals surface area contributed by atoms with Gasteiger partial charge in [-0.1, -0.05) is 11.8 Å². The summed E-state index contributed by atoms with van der Waals surface area (Å²) in [6.45, 7) is 6.29. The zero-order valence-corrected chi connectivity index (χ0v) is 16.1. The number of nitrogens with one attached hydrogen (secondary N) is 2. The number of amides is 3. The van der Waals surface area contributed by atoms with E-state index in [0.717, 1.165) is 17.1 Å². The van der Waals surface area contributed by atoms with Crippen LogP contribution in [0, 0.1) is 0 Å². The number of rotatable bonds is 7. The maximum absolute atomic E-state index is 11.9. The SMILES string of the molecule is CCn1c(SCC(=O)NC(=O)NC(C)C)nnc1-c1ccc(OC)cc1. The number of thioether (sulfide) groups is 1. The van der Waals surface area contributed by atoms with Crippen molar-refractivity contribution in [3.05, 3.63) is 24.3 Å². The van der Waals surface area contributed by atoms with Gasteiger partial charge >= 0.3 is 6.03 Å². The van der Waals surface area contributed by atoms with Crippen molar-refractivity contribution in [3.8, 4) is 17.1 Å². The summed E-state index contributed by atoms with van der Waals surface area (Å²) in [5, 5.41) is 13.9. The molecule has 0 unspecified atom stereocenters. The fraction of sp³-hybridized carbons (Fsp3) is 0.412. The number of ether oxygens (including phenoxy) is 1. The van der Waals surface area contributed by atoms with E-state index in [4.69, 9.17) is 4.74 Å². The summed E-state index contributed by atoms with van der Waals surface area (Å²) in [7, 11) is 1.62. The van der Waals surface area contributed by atoms with Gasteiger partial charge in [0.2, 0.25) is 5.91 Å². The van der Waals surface area contributed by atoms with Gasteiger partial charge in [0.05, 0.1) is 12.9 Å². The lowest BCUT2D eigenvalue weighted by Gasteiger charge is -2.09. The molecule has 8 nitrogen and oxygen atoms in total. The molecule has 26 heavy (non-hydrogen) atoms. The molecule has 1 aromatic heterocycles. The van der Waals surface area contributed by atoms with E-state index in [-0.39, 0.29) is 17.7 Å². The molecule has 0 atom stereocenters. The van der Waals surface area contributed by atoms with Gasteiger partial charge in [0, 0.05) is 18.2 Å². The average molecular weight is 377 g/mol. The average Bonchev–Trinajstić information content (AvgIpc) is 3.02. The van der Waals surface area contributed by atoms with Crippen molar-refractivity contribution in [2.75, 3.05) is 12.9 Å². The Morgan fingerprint density at radius 3 is 2.50 bits per heavy atom. The Labute approximate surface area is 156 Å². The van der Waals surface area contributed by atoms with Gasteiger partial charge in [0.1, 0.15) is 5.75 Å². The summed E-state index contributed by atoms with van der Waals surface area (Å²) in [4.78, 5) is 23.4. The Morgan fingerprint density at radius 1 is 1.23 bits per heavy atom. The number of aromatic nitrogens is 3. The summed E-state index contributed by atoms with van der Waals surface area (Å²) >= 11 is 1.24. The number of methoxy groups -OCH3 is 1. The van der Waals surface area contributed by atoms with Crippen LogP contribution >= 0.6 is 11.8 Å². The van der Waals surface area contributed by atoms with Gasteiger partial charge in [0.15, 0.2) is 11.0 Å². The number of nitrogens with zero attached hydrogens (tertiary/aromatic N) is 3. The second-order valence-corrected chi connectivity index (χ2v) is 6.69. The van der Waals surface area contributed by atoms with Crippen molar-refractivity contribution in [3.63, 3.8) is 0 Å². The molecule has 2 N–H and O–H groups in total. The number of imide groups is 1. The van der Waals surface area contributed by atoms with Crippen LogP contribution in [0.3, 0.4) is 0 Å². The summed E-state index contributed by atoms with van der Waals surface area (Å²) in [5.41, 5.74) is 0.910. The van der Waals surface area contributed by atoms with Crippen molar-refractivity contribution < 1.29 is 14.3 Å². The Bertz CT molecular complexity index is 758. The lowest BCUT2D eigenvalue weighted by atomic mass is 10.2. The smallest absolute Gasteiger partial charge is 0.321 e. The standard InChI is InChI=1S/C17H23N5O3S/c1-5-22-15(12-6-8-13(25-4)9-7-12)20-21-17(22)26-10-14(23)19-16(24)18-11(2)3/h6-9,11H,5,10H2,1-4H3,(H2,18,19,23,24). The van der Waals surface area contributed by atoms with Crippen molar-refractivity contribution in [1.29, 1.82) is 0 Å². The molecule has 0 spiro atoms. The number of hydrogen-bond acceptors (Lipinski definition) is 6. The van der Waals surface area contributed by atoms with Crippen LogP contribution in [0.25, 0.3) is 11.4 Å². The first-order chi connectivity index (χ1) is 12.4. The number of urea groups is 1. The van der Waals surface area contributed by atoms with E-state index in [1.54, 1.807) is 7.11 Å². The van der Waals surface area contributed by atoms with Crippen LogP contribution in [0.4, 0.5) is 4.79 Å². The van der Waals surface area contributed by atoms with Crippen molar-refractivity contribution in [1.82, 2.24) is 25.4 Å². The maximum atomic E-state index is 11.9. The quantitative estimate of drug-likeness (QED) is 0.719. The van der Waals surface area contributed by atoms with E-state index in [1.165, 1.54) is 11.8 Å². The Kier molecular flexibility index (Phi) is 7.02. The second-order valence-electron chi connectivity index (χ2n) is 5.74. The summed E-state index contributed by atoms with van der Waals surface area (Å²) in [6.07, 6.45) is 0. The van der Waals surface area contributed by atoms with Crippen molar-refractivity contribution >= 4 is 23.7 Å². The predicted molar refractivity (Wildman–Crippen MR) is 100 cm³/mol. The molecule has 0 bridgehead atoms. The third-order valence-corrected chi connectivity index (χ3v) is 4.35. The monoisotopic (exact) mass is 377 g/mol. The lowest BCUT2D eigenvalue weighted by Crippen LogP contribution is -2.43. The normalized spacial score (nSPS) is 10.7. The molecule has 1 aromatic carbocycles. The maximum Gasteiger partial charge on any atom is 0.321 e. The van der Waals surface area contributed by atoms with Gasteiger partial charge in [-0.3, -0.25) is 10.1 Å². The van der Waals surface area contributed by atoms with E-state index in [1.807, 2.05) is 49.6 Å². The van der Waals surface area contributed by atoms with E-state index in [2.05, 4.69) is 20.8 Å². The fourth-order valence-corrected chi connectivity index (χ4v) is 3.03. The van der Waals surface area contributed by atoms with E-state index in [0.29, 0.717) is 11.7 Å². The molecule has 3 amide bonds. The molecule has 2 aromatic rings. The van der Waals surface area contributed by atoms with Crippen LogP contribution in [0.2, 0.25) is 0 Å². The van der Waals surface area contributed by atoms with Crippen LogP contribution in [0.15, 0.2) is 29.4 Å². The Balaban J connectivity index is 2.03. The molecule has 0 aliphatic carbocycles. The number of hydrogen-bond donors (Lipinski definition) is 2. The zero-order chi connectivity index (χ0) is 19.1. The molecule has 0 saturated carbocycles. The molecule has 9 heteroatoms. The third kappa shape index (κ3) is 5.22. The predicted octanol–water partition coefficient (Wildman–Crippen LogP) is 2.30. The molecule has 0 fully saturated rings. The first kappa shape index (κ1) is 19.8. The fourth-order valence-electron chi connectivity index (χ4n) is 2.23. The van der Waals surface area contributed by atoms with Gasteiger partial charge in [0.25, 0.3) is 0 Å². The van der Waals surface area contributed by atoms with Gasteiger partial charge < -0.3 is 14.6 Å². The van der Waals surface area contributed by atoms with Crippen LogP contribution in [0.1, 0.15) is 20.8 Å². The second kappa shape index (κ2) is 9.23. The summed E-state index contributed by atoms with van der Waals surface area (Å²) in [6, 6.07) is 7.00. The van der Waals surface area contributed by atoms with Gasteiger partial charge in [-0.05, 0) is 45.0 Å². The van der Waals surface area contributed by atoms with Crippen molar-refractivity contribution in [2.45, 2.75) is 38.5 Å². The molecule has 2 rings (SSSR count). The lowest BCUT2D eigenvalue weighted by molar-refractivity contribution is -0.117. The minimum Gasteiger partial charge on any atom is -0.497 e. The number of carbonyl (C=O) groups is 2. The first-order valence-electron chi connectivity index (χ1n) is 8.25. The van der Waals surface area contributed by atoms with Crippen molar-refractivity contribution in [2.24, 2.45) is 0 Å². The third-order valence-electron chi connectivity index (χ3n) is 3.39. The van der Waals surface area contributed by atoms with E-state index in [9.17, 15) is 9.59 Å². The largest absolute Gasteiger partial charge is 0.497 e. The Hall–Kier alpha value is -2.55. The van der Waals surface area contributed by atoms with Gasteiger partial charge in [-0.2, -0.15) is 0 Å². The van der Waals surface area contributed by atoms with Gasteiger partial charge in [-0.15, -0.1) is 10.2 Å². The van der Waals surface area contributed by atoms with Crippen LogP contribution < -0.4 is 15.4 Å². The highest BCUT2D eigenvalue weighted by Gasteiger charge is 2.15. The molecule has 1 heterocycles. The zero-order valence-electron chi connectivity index (χ0n) is 15.3.